The first-order valence-corrected chi connectivity index (χ1v) is 10.9. The SMILES string of the molecule is COc1ccccc1Oc1ccc(NC(=O)CSc2nnc(-c3ccc(Cl)cc3)o2)cc1. The van der Waals surface area contributed by atoms with Crippen LogP contribution in [0, 0.1) is 0 Å². The molecular weight excluding hydrogens is 450 g/mol. The Morgan fingerprint density at radius 2 is 1.72 bits per heavy atom. The van der Waals surface area contributed by atoms with E-state index in [1.807, 2.05) is 24.3 Å². The number of hydrogen-bond acceptors (Lipinski definition) is 7. The summed E-state index contributed by atoms with van der Waals surface area (Å²) in [6.07, 6.45) is 0. The molecule has 0 aliphatic rings. The van der Waals surface area contributed by atoms with Gasteiger partial charge in [-0.2, -0.15) is 0 Å². The Morgan fingerprint density at radius 1 is 1.00 bits per heavy atom. The number of ether oxygens (including phenoxy) is 2. The number of carbonyl (C=O) groups excluding carboxylic acids is 1. The molecule has 1 amide bonds. The molecule has 1 aromatic heterocycles. The Labute approximate surface area is 193 Å². The van der Waals surface area contributed by atoms with Crippen molar-refractivity contribution in [2.75, 3.05) is 18.2 Å². The van der Waals surface area contributed by atoms with Gasteiger partial charge in [-0.1, -0.05) is 35.5 Å². The summed E-state index contributed by atoms with van der Waals surface area (Å²) in [5.41, 5.74) is 1.41. The Bertz CT molecular complexity index is 1200. The lowest BCUT2D eigenvalue weighted by atomic mass is 10.2. The van der Waals surface area contributed by atoms with Crippen molar-refractivity contribution in [1.82, 2.24) is 10.2 Å². The molecule has 1 heterocycles. The van der Waals surface area contributed by atoms with Gasteiger partial charge in [-0.3, -0.25) is 4.79 Å². The van der Waals surface area contributed by atoms with E-state index in [0.29, 0.717) is 39.1 Å². The average Bonchev–Trinajstić information content (AvgIpc) is 3.29. The van der Waals surface area contributed by atoms with E-state index < -0.39 is 0 Å². The van der Waals surface area contributed by atoms with E-state index in [4.69, 9.17) is 25.5 Å². The molecule has 32 heavy (non-hydrogen) atoms. The summed E-state index contributed by atoms with van der Waals surface area (Å²) in [6.45, 7) is 0. The minimum Gasteiger partial charge on any atom is -0.493 e. The molecule has 0 unspecified atom stereocenters. The van der Waals surface area contributed by atoms with Gasteiger partial charge in [0, 0.05) is 16.3 Å². The molecule has 0 aliphatic heterocycles. The fraction of sp³-hybridized carbons (Fsp3) is 0.0870. The highest BCUT2D eigenvalue weighted by atomic mass is 35.5. The van der Waals surface area contributed by atoms with Crippen LogP contribution in [0.25, 0.3) is 11.5 Å². The molecule has 0 saturated carbocycles. The second-order valence-corrected chi connectivity index (χ2v) is 7.86. The van der Waals surface area contributed by atoms with Gasteiger partial charge in [0.15, 0.2) is 11.5 Å². The lowest BCUT2D eigenvalue weighted by Gasteiger charge is -2.10. The standard InChI is InChI=1S/C23H18ClN3O4S/c1-29-19-4-2-3-5-20(19)30-18-12-10-17(11-13-18)25-21(28)14-32-23-27-26-22(31-23)15-6-8-16(24)9-7-15/h2-13H,14H2,1H3,(H,25,28). The van der Waals surface area contributed by atoms with Crippen LogP contribution in [0.5, 0.6) is 17.2 Å². The number of anilines is 1. The molecule has 0 aliphatic carbocycles. The number of nitrogens with one attached hydrogen (secondary N) is 1. The van der Waals surface area contributed by atoms with Crippen molar-refractivity contribution in [3.8, 4) is 28.7 Å². The van der Waals surface area contributed by atoms with Gasteiger partial charge >= 0.3 is 0 Å². The van der Waals surface area contributed by atoms with Crippen LogP contribution in [0.3, 0.4) is 0 Å². The molecule has 0 fully saturated rings. The first-order valence-electron chi connectivity index (χ1n) is 9.54. The van der Waals surface area contributed by atoms with Crippen molar-refractivity contribution < 1.29 is 18.7 Å². The first-order chi connectivity index (χ1) is 15.6. The zero-order chi connectivity index (χ0) is 22.3. The van der Waals surface area contributed by atoms with Gasteiger partial charge in [-0.05, 0) is 60.7 Å². The first kappa shape index (κ1) is 21.7. The lowest BCUT2D eigenvalue weighted by Crippen LogP contribution is -2.13. The van der Waals surface area contributed by atoms with Gasteiger partial charge in [0.05, 0.1) is 12.9 Å². The van der Waals surface area contributed by atoms with E-state index >= 15 is 0 Å². The summed E-state index contributed by atoms with van der Waals surface area (Å²) in [7, 11) is 1.59. The number of carbonyl (C=O) groups is 1. The topological polar surface area (TPSA) is 86.5 Å². The Balaban J connectivity index is 1.29. The van der Waals surface area contributed by atoms with E-state index in [0.717, 1.165) is 17.3 Å². The Kier molecular flexibility index (Phi) is 6.94. The molecule has 1 N–H and O–H groups in total. The molecule has 4 rings (SSSR count). The van der Waals surface area contributed by atoms with Crippen LogP contribution in [0.1, 0.15) is 0 Å². The normalized spacial score (nSPS) is 10.6. The maximum Gasteiger partial charge on any atom is 0.277 e. The number of amides is 1. The van der Waals surface area contributed by atoms with Crippen LogP contribution < -0.4 is 14.8 Å². The van der Waals surface area contributed by atoms with Gasteiger partial charge in [0.2, 0.25) is 11.8 Å². The van der Waals surface area contributed by atoms with Gasteiger partial charge < -0.3 is 19.2 Å². The van der Waals surface area contributed by atoms with Crippen LogP contribution in [-0.4, -0.2) is 29.0 Å². The highest BCUT2D eigenvalue weighted by molar-refractivity contribution is 7.99. The Morgan fingerprint density at radius 3 is 2.44 bits per heavy atom. The van der Waals surface area contributed by atoms with Gasteiger partial charge in [0.25, 0.3) is 5.22 Å². The number of hydrogen-bond donors (Lipinski definition) is 1. The molecular formula is C23H18ClN3O4S. The van der Waals surface area contributed by atoms with E-state index in [-0.39, 0.29) is 11.7 Å². The van der Waals surface area contributed by atoms with E-state index in [1.165, 1.54) is 0 Å². The molecule has 0 radical (unpaired) electrons. The number of nitrogens with zero attached hydrogens (tertiary/aromatic N) is 2. The monoisotopic (exact) mass is 467 g/mol. The van der Waals surface area contributed by atoms with Gasteiger partial charge in [-0.25, -0.2) is 0 Å². The average molecular weight is 468 g/mol. The smallest absolute Gasteiger partial charge is 0.277 e. The van der Waals surface area contributed by atoms with Crippen LogP contribution >= 0.6 is 23.4 Å². The quantitative estimate of drug-likeness (QED) is 0.322. The fourth-order valence-electron chi connectivity index (χ4n) is 2.74. The molecule has 0 atom stereocenters. The highest BCUT2D eigenvalue weighted by Gasteiger charge is 2.12. The zero-order valence-electron chi connectivity index (χ0n) is 16.9. The molecule has 7 nitrogen and oxygen atoms in total. The van der Waals surface area contributed by atoms with Crippen LogP contribution in [0.2, 0.25) is 5.02 Å². The number of benzene rings is 3. The van der Waals surface area contributed by atoms with E-state index in [9.17, 15) is 4.79 Å². The molecule has 0 saturated heterocycles. The van der Waals surface area contributed by atoms with Crippen LogP contribution in [0.15, 0.2) is 82.4 Å². The highest BCUT2D eigenvalue weighted by Crippen LogP contribution is 2.31. The summed E-state index contributed by atoms with van der Waals surface area (Å²) in [4.78, 5) is 12.3. The number of methoxy groups -OCH3 is 1. The largest absolute Gasteiger partial charge is 0.493 e. The minimum atomic E-state index is -0.195. The molecule has 0 bridgehead atoms. The number of thioether (sulfide) groups is 1. The van der Waals surface area contributed by atoms with Crippen molar-refractivity contribution >= 4 is 35.0 Å². The van der Waals surface area contributed by atoms with Crippen molar-refractivity contribution in [2.24, 2.45) is 0 Å². The lowest BCUT2D eigenvalue weighted by molar-refractivity contribution is -0.113. The predicted molar refractivity (Wildman–Crippen MR) is 124 cm³/mol. The number of para-hydroxylation sites is 2. The number of aromatic nitrogens is 2. The van der Waals surface area contributed by atoms with Gasteiger partial charge in [-0.15, -0.1) is 10.2 Å². The zero-order valence-corrected chi connectivity index (χ0v) is 18.5. The maximum absolute atomic E-state index is 12.3. The van der Waals surface area contributed by atoms with E-state index in [2.05, 4.69) is 15.5 Å². The van der Waals surface area contributed by atoms with Gasteiger partial charge in [0.1, 0.15) is 5.75 Å². The molecule has 4 aromatic rings. The molecule has 162 valence electrons. The van der Waals surface area contributed by atoms with Crippen molar-refractivity contribution in [1.29, 1.82) is 0 Å². The fourth-order valence-corrected chi connectivity index (χ4v) is 3.43. The van der Waals surface area contributed by atoms with Crippen molar-refractivity contribution in [2.45, 2.75) is 5.22 Å². The second kappa shape index (κ2) is 10.2. The third-order valence-corrected chi connectivity index (χ3v) is 5.33. The summed E-state index contributed by atoms with van der Waals surface area (Å²) >= 11 is 7.04. The third kappa shape index (κ3) is 5.60. The van der Waals surface area contributed by atoms with E-state index in [1.54, 1.807) is 55.6 Å². The summed E-state index contributed by atoms with van der Waals surface area (Å²) < 4.78 is 16.7. The third-order valence-electron chi connectivity index (χ3n) is 4.26. The van der Waals surface area contributed by atoms with Crippen molar-refractivity contribution in [3.63, 3.8) is 0 Å². The predicted octanol–water partition coefficient (Wildman–Crippen LogP) is 5.92. The summed E-state index contributed by atoms with van der Waals surface area (Å²) in [5.74, 6) is 2.18. The Hall–Kier alpha value is -3.49. The minimum absolute atomic E-state index is 0.127. The molecule has 0 spiro atoms. The van der Waals surface area contributed by atoms with Crippen LogP contribution in [0.4, 0.5) is 5.69 Å². The number of rotatable bonds is 8. The summed E-state index contributed by atoms with van der Waals surface area (Å²) in [5, 5.41) is 11.7. The second-order valence-electron chi connectivity index (χ2n) is 6.49. The van der Waals surface area contributed by atoms with Crippen molar-refractivity contribution in [3.05, 3.63) is 77.8 Å². The summed E-state index contributed by atoms with van der Waals surface area (Å²) in [6, 6.07) is 21.5. The van der Waals surface area contributed by atoms with Crippen LogP contribution in [-0.2, 0) is 4.79 Å². The molecule has 9 heteroatoms. The number of halogens is 1. The molecule has 3 aromatic carbocycles. The maximum atomic E-state index is 12.3.